The number of rotatable bonds is 7. The third kappa shape index (κ3) is 3.55. The molecule has 0 spiro atoms. The average molecular weight is 333 g/mol. The highest BCUT2D eigenvalue weighted by Gasteiger charge is 2.43. The molecule has 2 atom stereocenters. The number of nitrogens with zero attached hydrogens (tertiary/aromatic N) is 1. The largest absolute Gasteiger partial charge is 0.491 e. The molecule has 0 radical (unpaired) electrons. The number of fused-ring (bicyclic) bond motifs is 1. The predicted molar refractivity (Wildman–Crippen MR) is 92.2 cm³/mol. The van der Waals surface area contributed by atoms with Crippen LogP contribution in [0.5, 0.6) is 5.75 Å². The van der Waals surface area contributed by atoms with Gasteiger partial charge in [0.1, 0.15) is 5.75 Å². The summed E-state index contributed by atoms with van der Waals surface area (Å²) in [5.41, 5.74) is 1.37. The second-order valence-electron chi connectivity index (χ2n) is 7.06. The highest BCUT2D eigenvalue weighted by Crippen LogP contribution is 2.41. The Morgan fingerprint density at radius 3 is 2.46 bits per heavy atom. The SMILES string of the molecule is CCC(C(=O)O)C1c2ccc(OC(C)C)cc2C(=O)N1CC(C)C. The highest BCUT2D eigenvalue weighted by atomic mass is 16.5. The van der Waals surface area contributed by atoms with Gasteiger partial charge in [-0.15, -0.1) is 0 Å². The molecule has 132 valence electrons. The predicted octanol–water partition coefficient (Wildman–Crippen LogP) is 3.74. The van der Waals surface area contributed by atoms with Crippen molar-refractivity contribution in [3.05, 3.63) is 29.3 Å². The maximum atomic E-state index is 12.9. The summed E-state index contributed by atoms with van der Waals surface area (Å²) in [5, 5.41) is 9.61. The quantitative estimate of drug-likeness (QED) is 0.825. The van der Waals surface area contributed by atoms with Gasteiger partial charge in [-0.1, -0.05) is 26.8 Å². The van der Waals surface area contributed by atoms with Crippen LogP contribution in [0.2, 0.25) is 0 Å². The van der Waals surface area contributed by atoms with Crippen molar-refractivity contribution in [1.82, 2.24) is 4.90 Å². The average Bonchev–Trinajstić information content (AvgIpc) is 2.72. The normalized spacial score (nSPS) is 18.2. The maximum absolute atomic E-state index is 12.9. The minimum atomic E-state index is -0.862. The van der Waals surface area contributed by atoms with Gasteiger partial charge in [0, 0.05) is 12.1 Å². The number of carboxylic acid groups (broad SMARTS) is 1. The molecule has 0 aromatic heterocycles. The zero-order valence-electron chi connectivity index (χ0n) is 15.1. The summed E-state index contributed by atoms with van der Waals surface area (Å²) in [6, 6.07) is 5.01. The van der Waals surface area contributed by atoms with Gasteiger partial charge in [-0.3, -0.25) is 9.59 Å². The first-order valence-corrected chi connectivity index (χ1v) is 8.60. The number of aliphatic carboxylic acids is 1. The van der Waals surface area contributed by atoms with E-state index in [0.717, 1.165) is 5.56 Å². The van der Waals surface area contributed by atoms with E-state index in [2.05, 4.69) is 0 Å². The number of ether oxygens (including phenoxy) is 1. The molecule has 1 heterocycles. The Bertz CT molecular complexity index is 624. The van der Waals surface area contributed by atoms with E-state index in [1.165, 1.54) is 0 Å². The molecule has 1 aromatic carbocycles. The summed E-state index contributed by atoms with van der Waals surface area (Å²) >= 11 is 0. The summed E-state index contributed by atoms with van der Waals surface area (Å²) in [6.07, 6.45) is 0.496. The number of carboxylic acids is 1. The van der Waals surface area contributed by atoms with E-state index in [9.17, 15) is 14.7 Å². The second kappa shape index (κ2) is 7.24. The smallest absolute Gasteiger partial charge is 0.308 e. The van der Waals surface area contributed by atoms with Crippen LogP contribution >= 0.6 is 0 Å². The van der Waals surface area contributed by atoms with Crippen LogP contribution in [0.3, 0.4) is 0 Å². The molecule has 5 nitrogen and oxygen atoms in total. The molecular weight excluding hydrogens is 306 g/mol. The Morgan fingerprint density at radius 2 is 1.96 bits per heavy atom. The van der Waals surface area contributed by atoms with Crippen molar-refractivity contribution in [1.29, 1.82) is 0 Å². The minimum absolute atomic E-state index is 0.0181. The van der Waals surface area contributed by atoms with Gasteiger partial charge in [0.2, 0.25) is 0 Å². The molecule has 1 N–H and O–H groups in total. The Balaban J connectivity index is 2.48. The molecule has 1 aliphatic rings. The molecular formula is C19H27NO4. The van der Waals surface area contributed by atoms with Crippen LogP contribution in [0.1, 0.15) is 63.0 Å². The van der Waals surface area contributed by atoms with Crippen molar-refractivity contribution >= 4 is 11.9 Å². The van der Waals surface area contributed by atoms with Crippen LogP contribution in [0.25, 0.3) is 0 Å². The molecule has 0 saturated carbocycles. The van der Waals surface area contributed by atoms with Gasteiger partial charge in [0.15, 0.2) is 0 Å². The lowest BCUT2D eigenvalue weighted by molar-refractivity contribution is -0.144. The first kappa shape index (κ1) is 18.3. The summed E-state index contributed by atoms with van der Waals surface area (Å²) in [5.74, 6) is -0.656. The number of carbonyl (C=O) groups excluding carboxylic acids is 1. The van der Waals surface area contributed by atoms with Gasteiger partial charge in [0.25, 0.3) is 5.91 Å². The van der Waals surface area contributed by atoms with Crippen LogP contribution in [-0.2, 0) is 4.79 Å². The molecule has 2 rings (SSSR count). The van der Waals surface area contributed by atoms with E-state index >= 15 is 0 Å². The second-order valence-corrected chi connectivity index (χ2v) is 7.06. The van der Waals surface area contributed by atoms with Crippen molar-refractivity contribution in [2.45, 2.75) is 53.2 Å². The highest BCUT2D eigenvalue weighted by molar-refractivity contribution is 6.00. The van der Waals surface area contributed by atoms with Crippen molar-refractivity contribution in [3.8, 4) is 5.75 Å². The number of amides is 1. The Kier molecular flexibility index (Phi) is 5.52. The van der Waals surface area contributed by atoms with Crippen molar-refractivity contribution in [2.75, 3.05) is 6.54 Å². The molecule has 24 heavy (non-hydrogen) atoms. The van der Waals surface area contributed by atoms with Crippen LogP contribution < -0.4 is 4.74 Å². The fourth-order valence-electron chi connectivity index (χ4n) is 3.33. The van der Waals surface area contributed by atoms with Gasteiger partial charge in [-0.25, -0.2) is 0 Å². The van der Waals surface area contributed by atoms with Gasteiger partial charge >= 0.3 is 5.97 Å². The van der Waals surface area contributed by atoms with Crippen LogP contribution in [0.15, 0.2) is 18.2 Å². The molecule has 1 aliphatic heterocycles. The van der Waals surface area contributed by atoms with Gasteiger partial charge in [-0.2, -0.15) is 0 Å². The summed E-state index contributed by atoms with van der Waals surface area (Å²) in [6.45, 7) is 10.3. The fourth-order valence-corrected chi connectivity index (χ4v) is 3.33. The van der Waals surface area contributed by atoms with E-state index in [-0.39, 0.29) is 17.9 Å². The van der Waals surface area contributed by atoms with Crippen LogP contribution in [0.4, 0.5) is 0 Å². The lowest BCUT2D eigenvalue weighted by atomic mass is 9.90. The van der Waals surface area contributed by atoms with E-state index in [4.69, 9.17) is 4.74 Å². The van der Waals surface area contributed by atoms with Crippen LogP contribution in [0, 0.1) is 11.8 Å². The van der Waals surface area contributed by atoms with Crippen molar-refractivity contribution < 1.29 is 19.4 Å². The first-order chi connectivity index (χ1) is 11.3. The Labute approximate surface area is 143 Å². The van der Waals surface area contributed by atoms with E-state index in [1.54, 1.807) is 11.0 Å². The minimum Gasteiger partial charge on any atom is -0.491 e. The maximum Gasteiger partial charge on any atom is 0.308 e. The summed E-state index contributed by atoms with van der Waals surface area (Å²) < 4.78 is 5.69. The number of hydrogen-bond donors (Lipinski definition) is 1. The molecule has 0 fully saturated rings. The van der Waals surface area contributed by atoms with Crippen LogP contribution in [-0.4, -0.2) is 34.5 Å². The van der Waals surface area contributed by atoms with Gasteiger partial charge in [0.05, 0.1) is 18.1 Å². The van der Waals surface area contributed by atoms with E-state index in [1.807, 2.05) is 46.8 Å². The standard InChI is InChI=1S/C19H27NO4/c1-6-14(19(22)23)17-15-8-7-13(24-12(4)5)9-16(15)18(21)20(17)10-11(2)3/h7-9,11-12,14,17H,6,10H2,1-5H3,(H,22,23). The summed E-state index contributed by atoms with van der Waals surface area (Å²) in [7, 11) is 0. The van der Waals surface area contributed by atoms with E-state index in [0.29, 0.717) is 24.3 Å². The zero-order valence-corrected chi connectivity index (χ0v) is 15.1. The Hall–Kier alpha value is -2.04. The number of hydrogen-bond acceptors (Lipinski definition) is 3. The Morgan fingerprint density at radius 1 is 1.29 bits per heavy atom. The molecule has 0 bridgehead atoms. The third-order valence-corrected chi connectivity index (χ3v) is 4.24. The molecule has 0 saturated heterocycles. The third-order valence-electron chi connectivity index (χ3n) is 4.24. The molecule has 0 aliphatic carbocycles. The molecule has 2 unspecified atom stereocenters. The lowest BCUT2D eigenvalue weighted by Crippen LogP contribution is -2.37. The summed E-state index contributed by atoms with van der Waals surface area (Å²) in [4.78, 5) is 26.3. The number of benzene rings is 1. The van der Waals surface area contributed by atoms with E-state index < -0.39 is 17.9 Å². The van der Waals surface area contributed by atoms with Gasteiger partial charge < -0.3 is 14.7 Å². The topological polar surface area (TPSA) is 66.8 Å². The first-order valence-electron chi connectivity index (χ1n) is 8.60. The fraction of sp³-hybridized carbons (Fsp3) is 0.579. The van der Waals surface area contributed by atoms with Crippen molar-refractivity contribution in [2.24, 2.45) is 11.8 Å². The lowest BCUT2D eigenvalue weighted by Gasteiger charge is -2.30. The van der Waals surface area contributed by atoms with Crippen molar-refractivity contribution in [3.63, 3.8) is 0 Å². The zero-order chi connectivity index (χ0) is 18.0. The monoisotopic (exact) mass is 333 g/mol. The molecule has 5 heteroatoms. The molecule has 1 amide bonds. The molecule has 1 aromatic rings. The van der Waals surface area contributed by atoms with Gasteiger partial charge in [-0.05, 0) is 43.9 Å². The number of carbonyl (C=O) groups is 2.